The zero-order valence-corrected chi connectivity index (χ0v) is 10.8. The minimum Gasteiger partial charge on any atom is -0.347 e. The lowest BCUT2D eigenvalue weighted by molar-refractivity contribution is 0.196. The molecular weight excluding hydrogens is 227 g/mol. The summed E-state index contributed by atoms with van der Waals surface area (Å²) in [6.07, 6.45) is 4.67. The highest BCUT2D eigenvalue weighted by Gasteiger charge is 2.17. The summed E-state index contributed by atoms with van der Waals surface area (Å²) in [4.78, 5) is 2.40. The van der Waals surface area contributed by atoms with E-state index in [0.717, 1.165) is 17.4 Å². The van der Waals surface area contributed by atoms with Gasteiger partial charge in [-0.25, -0.2) is 4.39 Å². The summed E-state index contributed by atoms with van der Waals surface area (Å²) in [5.41, 5.74) is 1.14. The van der Waals surface area contributed by atoms with Crippen molar-refractivity contribution in [2.24, 2.45) is 5.92 Å². The van der Waals surface area contributed by atoms with Crippen LogP contribution in [0.4, 0.5) is 4.39 Å². The van der Waals surface area contributed by atoms with E-state index in [2.05, 4.69) is 22.7 Å². The van der Waals surface area contributed by atoms with Crippen molar-refractivity contribution in [3.05, 3.63) is 36.3 Å². The molecule has 1 fully saturated rings. The van der Waals surface area contributed by atoms with Crippen molar-refractivity contribution in [2.45, 2.75) is 19.4 Å². The Hall–Kier alpha value is -1.35. The van der Waals surface area contributed by atoms with Crippen molar-refractivity contribution in [3.63, 3.8) is 0 Å². The molecule has 2 heterocycles. The highest BCUT2D eigenvalue weighted by atomic mass is 19.1. The largest absolute Gasteiger partial charge is 0.347 e. The molecule has 0 unspecified atom stereocenters. The van der Waals surface area contributed by atoms with Crippen LogP contribution in [-0.2, 0) is 6.54 Å². The molecule has 0 radical (unpaired) electrons. The SMILES string of the molecule is CN1CCC[C@@H](Cn2ccc3cc(F)ccc32)C1. The van der Waals surface area contributed by atoms with Gasteiger partial charge in [-0.2, -0.15) is 0 Å². The van der Waals surface area contributed by atoms with E-state index in [1.165, 1.54) is 25.9 Å². The molecule has 0 spiro atoms. The summed E-state index contributed by atoms with van der Waals surface area (Å²) in [7, 11) is 2.19. The zero-order chi connectivity index (χ0) is 12.5. The van der Waals surface area contributed by atoms with Gasteiger partial charge in [0, 0.05) is 30.2 Å². The fourth-order valence-corrected chi connectivity index (χ4v) is 3.03. The Labute approximate surface area is 107 Å². The number of hydrogen-bond acceptors (Lipinski definition) is 1. The molecule has 2 aromatic rings. The first-order chi connectivity index (χ1) is 8.72. The molecule has 0 bridgehead atoms. The fraction of sp³-hybridized carbons (Fsp3) is 0.467. The van der Waals surface area contributed by atoms with E-state index in [-0.39, 0.29) is 5.82 Å². The van der Waals surface area contributed by atoms with Crippen molar-refractivity contribution in [2.75, 3.05) is 20.1 Å². The van der Waals surface area contributed by atoms with Crippen molar-refractivity contribution in [3.8, 4) is 0 Å². The standard InChI is InChI=1S/C15H19FN2/c1-17-7-2-3-12(10-17)11-18-8-6-13-9-14(16)4-5-15(13)18/h4-6,8-9,12H,2-3,7,10-11H2,1H3/t12-/m1/s1. The molecule has 1 saturated heterocycles. The topological polar surface area (TPSA) is 8.17 Å². The summed E-state index contributed by atoms with van der Waals surface area (Å²) in [6.45, 7) is 3.43. The van der Waals surface area contributed by atoms with E-state index in [0.29, 0.717) is 5.92 Å². The van der Waals surface area contributed by atoms with Gasteiger partial charge in [-0.15, -0.1) is 0 Å². The molecule has 0 aliphatic carbocycles. The summed E-state index contributed by atoms with van der Waals surface area (Å²) in [6, 6.07) is 7.05. The second kappa shape index (κ2) is 4.73. The second-order valence-corrected chi connectivity index (χ2v) is 5.44. The molecule has 1 aromatic carbocycles. The van der Waals surface area contributed by atoms with E-state index in [1.807, 2.05) is 12.1 Å². The number of fused-ring (bicyclic) bond motifs is 1. The molecule has 2 nitrogen and oxygen atoms in total. The molecule has 3 heteroatoms. The summed E-state index contributed by atoms with van der Waals surface area (Å²) >= 11 is 0. The maximum absolute atomic E-state index is 13.1. The highest BCUT2D eigenvalue weighted by Crippen LogP contribution is 2.22. The number of hydrogen-bond donors (Lipinski definition) is 0. The first-order valence-electron chi connectivity index (χ1n) is 6.65. The highest BCUT2D eigenvalue weighted by molar-refractivity contribution is 5.80. The zero-order valence-electron chi connectivity index (χ0n) is 10.8. The summed E-state index contributed by atoms with van der Waals surface area (Å²) < 4.78 is 15.4. The van der Waals surface area contributed by atoms with Crippen LogP contribution in [0.15, 0.2) is 30.5 Å². The van der Waals surface area contributed by atoms with Crippen molar-refractivity contribution in [1.82, 2.24) is 9.47 Å². The van der Waals surface area contributed by atoms with Gasteiger partial charge in [0.05, 0.1) is 0 Å². The average molecular weight is 246 g/mol. The van der Waals surface area contributed by atoms with E-state index in [1.54, 1.807) is 12.1 Å². The Balaban J connectivity index is 1.82. The molecule has 1 aliphatic rings. The third kappa shape index (κ3) is 2.27. The predicted molar refractivity (Wildman–Crippen MR) is 72.1 cm³/mol. The fourth-order valence-electron chi connectivity index (χ4n) is 3.03. The number of rotatable bonds is 2. The molecule has 3 rings (SSSR count). The first-order valence-corrected chi connectivity index (χ1v) is 6.65. The smallest absolute Gasteiger partial charge is 0.123 e. The molecule has 18 heavy (non-hydrogen) atoms. The van der Waals surface area contributed by atoms with Gasteiger partial charge in [-0.3, -0.25) is 0 Å². The molecule has 96 valence electrons. The van der Waals surface area contributed by atoms with Crippen LogP contribution in [0, 0.1) is 11.7 Å². The number of nitrogens with zero attached hydrogens (tertiary/aromatic N) is 2. The number of piperidine rings is 1. The molecule has 1 aromatic heterocycles. The lowest BCUT2D eigenvalue weighted by atomic mass is 9.98. The van der Waals surface area contributed by atoms with Gasteiger partial charge in [0.15, 0.2) is 0 Å². The van der Waals surface area contributed by atoms with E-state index >= 15 is 0 Å². The Morgan fingerprint density at radius 1 is 1.33 bits per heavy atom. The lowest BCUT2D eigenvalue weighted by Gasteiger charge is -2.30. The third-order valence-corrected chi connectivity index (χ3v) is 3.91. The van der Waals surface area contributed by atoms with Crippen LogP contribution in [-0.4, -0.2) is 29.6 Å². The van der Waals surface area contributed by atoms with Gasteiger partial charge in [0.2, 0.25) is 0 Å². The van der Waals surface area contributed by atoms with Gasteiger partial charge in [0.1, 0.15) is 5.82 Å². The van der Waals surface area contributed by atoms with Gasteiger partial charge < -0.3 is 9.47 Å². The van der Waals surface area contributed by atoms with Gasteiger partial charge in [0.25, 0.3) is 0 Å². The third-order valence-electron chi connectivity index (χ3n) is 3.91. The second-order valence-electron chi connectivity index (χ2n) is 5.44. The maximum atomic E-state index is 13.1. The Morgan fingerprint density at radius 3 is 3.06 bits per heavy atom. The van der Waals surface area contributed by atoms with Gasteiger partial charge in [-0.1, -0.05) is 0 Å². The number of likely N-dealkylation sites (tertiary alicyclic amines) is 1. The van der Waals surface area contributed by atoms with Gasteiger partial charge >= 0.3 is 0 Å². The molecule has 1 aliphatic heterocycles. The van der Waals surface area contributed by atoms with Crippen LogP contribution in [0.1, 0.15) is 12.8 Å². The van der Waals surface area contributed by atoms with Crippen LogP contribution < -0.4 is 0 Å². The monoisotopic (exact) mass is 246 g/mol. The first kappa shape index (κ1) is 11.7. The van der Waals surface area contributed by atoms with Crippen LogP contribution in [0.3, 0.4) is 0 Å². The Kier molecular flexibility index (Phi) is 3.08. The lowest BCUT2D eigenvalue weighted by Crippen LogP contribution is -2.33. The minimum absolute atomic E-state index is 0.155. The van der Waals surface area contributed by atoms with E-state index in [4.69, 9.17) is 0 Å². The molecule has 0 N–H and O–H groups in total. The number of halogens is 1. The van der Waals surface area contributed by atoms with Crippen LogP contribution >= 0.6 is 0 Å². The quantitative estimate of drug-likeness (QED) is 0.790. The summed E-state index contributed by atoms with van der Waals surface area (Å²) in [5, 5.41) is 0.999. The molecule has 0 amide bonds. The Bertz CT molecular complexity index is 546. The molecule has 1 atom stereocenters. The number of aromatic nitrogens is 1. The normalized spacial score (nSPS) is 21.6. The van der Waals surface area contributed by atoms with Gasteiger partial charge in [-0.05, 0) is 56.6 Å². The van der Waals surface area contributed by atoms with Crippen molar-refractivity contribution in [1.29, 1.82) is 0 Å². The van der Waals surface area contributed by atoms with Crippen LogP contribution in [0.2, 0.25) is 0 Å². The Morgan fingerprint density at radius 2 is 2.22 bits per heavy atom. The predicted octanol–water partition coefficient (Wildman–Crippen LogP) is 3.12. The van der Waals surface area contributed by atoms with Crippen molar-refractivity contribution >= 4 is 10.9 Å². The molecular formula is C15H19FN2. The van der Waals surface area contributed by atoms with Crippen LogP contribution in [0.5, 0.6) is 0 Å². The van der Waals surface area contributed by atoms with E-state index < -0.39 is 0 Å². The number of benzene rings is 1. The maximum Gasteiger partial charge on any atom is 0.123 e. The summed E-state index contributed by atoms with van der Waals surface area (Å²) in [5.74, 6) is 0.557. The van der Waals surface area contributed by atoms with E-state index in [9.17, 15) is 4.39 Å². The van der Waals surface area contributed by atoms with Crippen molar-refractivity contribution < 1.29 is 4.39 Å². The van der Waals surface area contributed by atoms with Crippen LogP contribution in [0.25, 0.3) is 10.9 Å². The minimum atomic E-state index is -0.155. The molecule has 0 saturated carbocycles. The average Bonchev–Trinajstić information content (AvgIpc) is 2.72.